The van der Waals surface area contributed by atoms with E-state index in [0.717, 1.165) is 42.5 Å². The molecule has 2 aromatic carbocycles. The van der Waals surface area contributed by atoms with Gasteiger partial charge in [-0.2, -0.15) is 0 Å². The third-order valence-electron chi connectivity index (χ3n) is 4.05. The number of amides is 1. The Morgan fingerprint density at radius 3 is 2.30 bits per heavy atom. The Morgan fingerprint density at radius 1 is 1.04 bits per heavy atom. The Hall–Kier alpha value is -2.43. The number of carbonyl (C=O) groups excluding carboxylic acids is 1. The van der Waals surface area contributed by atoms with Crippen molar-refractivity contribution in [3.05, 3.63) is 59.2 Å². The van der Waals surface area contributed by atoms with Crippen molar-refractivity contribution in [2.75, 3.05) is 23.3 Å². The molecule has 1 saturated heterocycles. The van der Waals surface area contributed by atoms with Gasteiger partial charge in [-0.25, -0.2) is 8.78 Å². The fraction of sp³-hybridized carbons (Fsp3) is 0.278. The molecule has 1 N–H and O–H groups in total. The van der Waals surface area contributed by atoms with Crippen molar-refractivity contribution in [1.29, 1.82) is 0 Å². The molecule has 0 atom stereocenters. The second kappa shape index (κ2) is 6.36. The van der Waals surface area contributed by atoms with Gasteiger partial charge in [-0.1, -0.05) is 0 Å². The summed E-state index contributed by atoms with van der Waals surface area (Å²) in [7, 11) is 0. The summed E-state index contributed by atoms with van der Waals surface area (Å²) in [6.07, 6.45) is 2.39. The highest BCUT2D eigenvalue weighted by atomic mass is 19.1. The number of nitrogens with zero attached hydrogens (tertiary/aromatic N) is 1. The minimum atomic E-state index is -0.767. The standard InChI is InChI=1S/C18H18F2N2O/c1-12-8-16(22-6-2-3-7-22)4-5-17(12)21-18(23)13-9-14(19)11-15(20)10-13/h4-5,8-11H,2-3,6-7H2,1H3,(H,21,23). The number of halogens is 2. The van der Waals surface area contributed by atoms with E-state index in [1.807, 2.05) is 25.1 Å². The summed E-state index contributed by atoms with van der Waals surface area (Å²) in [5.74, 6) is -2.06. The first kappa shape index (κ1) is 15.5. The van der Waals surface area contributed by atoms with E-state index in [4.69, 9.17) is 0 Å². The van der Waals surface area contributed by atoms with Crippen LogP contribution in [0.3, 0.4) is 0 Å². The molecule has 0 aliphatic carbocycles. The summed E-state index contributed by atoms with van der Waals surface area (Å²) < 4.78 is 26.4. The first-order valence-electron chi connectivity index (χ1n) is 7.66. The smallest absolute Gasteiger partial charge is 0.255 e. The molecule has 0 bridgehead atoms. The zero-order chi connectivity index (χ0) is 16.4. The minimum absolute atomic E-state index is 0.0366. The molecule has 1 aliphatic heterocycles. The average molecular weight is 316 g/mol. The van der Waals surface area contributed by atoms with Crippen LogP contribution < -0.4 is 10.2 Å². The van der Waals surface area contributed by atoms with Gasteiger partial charge in [0.25, 0.3) is 5.91 Å². The first-order chi connectivity index (χ1) is 11.0. The van der Waals surface area contributed by atoms with E-state index in [-0.39, 0.29) is 5.56 Å². The van der Waals surface area contributed by atoms with Gasteiger partial charge >= 0.3 is 0 Å². The van der Waals surface area contributed by atoms with E-state index in [1.54, 1.807) is 0 Å². The monoisotopic (exact) mass is 316 g/mol. The molecular weight excluding hydrogens is 298 g/mol. The van der Waals surface area contributed by atoms with Crippen molar-refractivity contribution in [2.24, 2.45) is 0 Å². The molecule has 0 saturated carbocycles. The average Bonchev–Trinajstić information content (AvgIpc) is 3.02. The van der Waals surface area contributed by atoms with Crippen LogP contribution in [0.2, 0.25) is 0 Å². The van der Waals surface area contributed by atoms with Gasteiger partial charge in [0.2, 0.25) is 0 Å². The number of hydrogen-bond donors (Lipinski definition) is 1. The van der Waals surface area contributed by atoms with Crippen molar-refractivity contribution in [1.82, 2.24) is 0 Å². The number of anilines is 2. The van der Waals surface area contributed by atoms with Crippen LogP contribution in [-0.4, -0.2) is 19.0 Å². The maximum absolute atomic E-state index is 13.2. The number of benzene rings is 2. The highest BCUT2D eigenvalue weighted by Crippen LogP contribution is 2.26. The second-order valence-corrected chi connectivity index (χ2v) is 5.81. The highest BCUT2D eigenvalue weighted by molar-refractivity contribution is 6.04. The maximum Gasteiger partial charge on any atom is 0.255 e. The van der Waals surface area contributed by atoms with Crippen LogP contribution in [0.25, 0.3) is 0 Å². The van der Waals surface area contributed by atoms with E-state index in [0.29, 0.717) is 5.69 Å². The first-order valence-corrected chi connectivity index (χ1v) is 7.66. The molecule has 1 fully saturated rings. The number of carbonyl (C=O) groups is 1. The van der Waals surface area contributed by atoms with Gasteiger partial charge < -0.3 is 10.2 Å². The lowest BCUT2D eigenvalue weighted by molar-refractivity contribution is 0.102. The van der Waals surface area contributed by atoms with Gasteiger partial charge in [-0.05, 0) is 55.7 Å². The van der Waals surface area contributed by atoms with Crippen LogP contribution in [0.5, 0.6) is 0 Å². The topological polar surface area (TPSA) is 32.3 Å². The van der Waals surface area contributed by atoms with Crippen molar-refractivity contribution in [2.45, 2.75) is 19.8 Å². The summed E-state index contributed by atoms with van der Waals surface area (Å²) in [6, 6.07) is 8.59. The van der Waals surface area contributed by atoms with Gasteiger partial charge in [0.15, 0.2) is 0 Å². The van der Waals surface area contributed by atoms with Gasteiger partial charge in [0.1, 0.15) is 11.6 Å². The Labute approximate surface area is 133 Å². The lowest BCUT2D eigenvalue weighted by Gasteiger charge is -2.19. The largest absolute Gasteiger partial charge is 0.372 e. The fourth-order valence-corrected chi connectivity index (χ4v) is 2.84. The lowest BCUT2D eigenvalue weighted by Crippen LogP contribution is -2.18. The molecular formula is C18H18F2N2O. The summed E-state index contributed by atoms with van der Waals surface area (Å²) in [5, 5.41) is 2.71. The van der Waals surface area contributed by atoms with Gasteiger partial charge in [0, 0.05) is 36.1 Å². The zero-order valence-electron chi connectivity index (χ0n) is 12.9. The van der Waals surface area contributed by atoms with Gasteiger partial charge in [-0.15, -0.1) is 0 Å². The zero-order valence-corrected chi connectivity index (χ0v) is 12.9. The molecule has 0 unspecified atom stereocenters. The fourth-order valence-electron chi connectivity index (χ4n) is 2.84. The Morgan fingerprint density at radius 2 is 1.70 bits per heavy atom. The molecule has 1 amide bonds. The maximum atomic E-state index is 13.2. The molecule has 1 heterocycles. The highest BCUT2D eigenvalue weighted by Gasteiger charge is 2.14. The predicted octanol–water partition coefficient (Wildman–Crippen LogP) is 4.13. The molecule has 0 radical (unpaired) electrons. The Bertz CT molecular complexity index is 720. The number of hydrogen-bond acceptors (Lipinski definition) is 2. The van der Waals surface area contributed by atoms with Crippen molar-refractivity contribution < 1.29 is 13.6 Å². The minimum Gasteiger partial charge on any atom is -0.372 e. The van der Waals surface area contributed by atoms with Crippen molar-refractivity contribution in [3.8, 4) is 0 Å². The summed E-state index contributed by atoms with van der Waals surface area (Å²) >= 11 is 0. The lowest BCUT2D eigenvalue weighted by atomic mass is 10.1. The number of rotatable bonds is 3. The van der Waals surface area contributed by atoms with Crippen LogP contribution in [0.4, 0.5) is 20.2 Å². The molecule has 3 rings (SSSR count). The third-order valence-corrected chi connectivity index (χ3v) is 4.05. The molecule has 2 aromatic rings. The Balaban J connectivity index is 1.78. The quantitative estimate of drug-likeness (QED) is 0.923. The Kier molecular flexibility index (Phi) is 4.28. The molecule has 1 aliphatic rings. The molecule has 5 heteroatoms. The van der Waals surface area contributed by atoms with E-state index < -0.39 is 17.5 Å². The van der Waals surface area contributed by atoms with Crippen LogP contribution in [-0.2, 0) is 0 Å². The normalized spacial score (nSPS) is 14.1. The molecule has 23 heavy (non-hydrogen) atoms. The predicted molar refractivity (Wildman–Crippen MR) is 86.9 cm³/mol. The van der Waals surface area contributed by atoms with E-state index >= 15 is 0 Å². The molecule has 120 valence electrons. The number of nitrogens with one attached hydrogen (secondary N) is 1. The molecule has 3 nitrogen and oxygen atoms in total. The second-order valence-electron chi connectivity index (χ2n) is 5.81. The van der Waals surface area contributed by atoms with Crippen LogP contribution >= 0.6 is 0 Å². The van der Waals surface area contributed by atoms with Crippen LogP contribution in [0, 0.1) is 18.6 Å². The van der Waals surface area contributed by atoms with Crippen molar-refractivity contribution >= 4 is 17.3 Å². The van der Waals surface area contributed by atoms with E-state index in [9.17, 15) is 13.6 Å². The van der Waals surface area contributed by atoms with Crippen LogP contribution in [0.1, 0.15) is 28.8 Å². The summed E-state index contributed by atoms with van der Waals surface area (Å²) in [4.78, 5) is 14.5. The number of aryl methyl sites for hydroxylation is 1. The van der Waals surface area contributed by atoms with E-state index in [1.165, 1.54) is 12.8 Å². The van der Waals surface area contributed by atoms with E-state index in [2.05, 4.69) is 10.2 Å². The molecule has 0 aromatic heterocycles. The van der Waals surface area contributed by atoms with Crippen LogP contribution in [0.15, 0.2) is 36.4 Å². The SMILES string of the molecule is Cc1cc(N2CCCC2)ccc1NC(=O)c1cc(F)cc(F)c1. The molecule has 0 spiro atoms. The van der Waals surface area contributed by atoms with Gasteiger partial charge in [-0.3, -0.25) is 4.79 Å². The van der Waals surface area contributed by atoms with Gasteiger partial charge in [0.05, 0.1) is 0 Å². The third kappa shape index (κ3) is 3.50. The summed E-state index contributed by atoms with van der Waals surface area (Å²) in [5.41, 5.74) is 2.66. The summed E-state index contributed by atoms with van der Waals surface area (Å²) in [6.45, 7) is 4.00. The van der Waals surface area contributed by atoms with Crippen molar-refractivity contribution in [3.63, 3.8) is 0 Å².